The maximum atomic E-state index is 12.0. The number of carbonyl (C=O) groups is 1. The standard InChI is InChI=1S/C12H14N4O3/c1-16-6-7(5-13)11(15-16)14-12(19)10-8(17)3-2-4-9(10)18/h2-4,6,17-18H,5,13H2,1H3,(H,14,15,19). The van der Waals surface area contributed by atoms with E-state index < -0.39 is 5.91 Å². The van der Waals surface area contributed by atoms with Crippen molar-refractivity contribution in [2.45, 2.75) is 6.54 Å². The average Bonchev–Trinajstić information content (AvgIpc) is 2.69. The molecule has 0 bridgehead atoms. The summed E-state index contributed by atoms with van der Waals surface area (Å²) in [5.74, 6) is -0.952. The van der Waals surface area contributed by atoms with Crippen LogP contribution < -0.4 is 11.1 Å². The fourth-order valence-corrected chi connectivity index (χ4v) is 1.72. The van der Waals surface area contributed by atoms with Crippen LogP contribution in [-0.4, -0.2) is 25.9 Å². The molecule has 1 aromatic carbocycles. The Balaban J connectivity index is 2.31. The van der Waals surface area contributed by atoms with Crippen molar-refractivity contribution >= 4 is 11.7 Å². The van der Waals surface area contributed by atoms with Crippen LogP contribution in [0.3, 0.4) is 0 Å². The van der Waals surface area contributed by atoms with Crippen LogP contribution in [-0.2, 0) is 13.6 Å². The number of aromatic hydroxyl groups is 2. The topological polar surface area (TPSA) is 113 Å². The van der Waals surface area contributed by atoms with Crippen LogP contribution in [0.5, 0.6) is 11.5 Å². The van der Waals surface area contributed by atoms with Gasteiger partial charge in [0.1, 0.15) is 17.1 Å². The van der Waals surface area contributed by atoms with Crippen molar-refractivity contribution in [2.75, 3.05) is 5.32 Å². The van der Waals surface area contributed by atoms with E-state index in [9.17, 15) is 15.0 Å². The number of carbonyl (C=O) groups excluding carboxylic acids is 1. The molecule has 0 saturated carbocycles. The summed E-state index contributed by atoms with van der Waals surface area (Å²) in [5, 5.41) is 25.8. The summed E-state index contributed by atoms with van der Waals surface area (Å²) in [6, 6.07) is 4.07. The number of benzene rings is 1. The Morgan fingerprint density at radius 1 is 1.42 bits per heavy atom. The number of aryl methyl sites for hydroxylation is 1. The lowest BCUT2D eigenvalue weighted by molar-refractivity contribution is 0.102. The molecule has 0 aliphatic heterocycles. The third-order valence-electron chi connectivity index (χ3n) is 2.60. The fraction of sp³-hybridized carbons (Fsp3) is 0.167. The van der Waals surface area contributed by atoms with Gasteiger partial charge in [-0.3, -0.25) is 9.48 Å². The number of phenols is 2. The molecule has 1 heterocycles. The second kappa shape index (κ2) is 4.99. The molecule has 0 atom stereocenters. The molecule has 7 heteroatoms. The molecule has 100 valence electrons. The Morgan fingerprint density at radius 3 is 2.63 bits per heavy atom. The number of amides is 1. The monoisotopic (exact) mass is 262 g/mol. The van der Waals surface area contributed by atoms with Crippen molar-refractivity contribution in [3.8, 4) is 11.5 Å². The zero-order valence-corrected chi connectivity index (χ0v) is 10.3. The summed E-state index contributed by atoms with van der Waals surface area (Å²) in [7, 11) is 1.70. The molecule has 1 amide bonds. The Hall–Kier alpha value is -2.54. The minimum atomic E-state index is -0.649. The van der Waals surface area contributed by atoms with Gasteiger partial charge in [-0.15, -0.1) is 0 Å². The van der Waals surface area contributed by atoms with E-state index in [0.717, 1.165) is 0 Å². The number of nitrogens with two attached hydrogens (primary N) is 1. The van der Waals surface area contributed by atoms with E-state index in [4.69, 9.17) is 5.73 Å². The first-order chi connectivity index (χ1) is 9.02. The number of hydrogen-bond acceptors (Lipinski definition) is 5. The molecule has 0 aliphatic carbocycles. The van der Waals surface area contributed by atoms with Crippen LogP contribution in [0.15, 0.2) is 24.4 Å². The Labute approximate surface area is 109 Å². The maximum absolute atomic E-state index is 12.0. The predicted molar refractivity (Wildman–Crippen MR) is 68.8 cm³/mol. The quantitative estimate of drug-likeness (QED) is 0.644. The summed E-state index contributed by atoms with van der Waals surface area (Å²) in [6.45, 7) is 0.218. The van der Waals surface area contributed by atoms with Gasteiger partial charge >= 0.3 is 0 Å². The molecular formula is C12H14N4O3. The van der Waals surface area contributed by atoms with Gasteiger partial charge in [0.25, 0.3) is 5.91 Å². The minimum absolute atomic E-state index is 0.198. The van der Waals surface area contributed by atoms with E-state index in [1.54, 1.807) is 13.2 Å². The molecule has 0 aliphatic rings. The number of nitrogens with zero attached hydrogens (tertiary/aromatic N) is 2. The number of phenolic OH excluding ortho intramolecular Hbond substituents is 2. The second-order valence-corrected chi connectivity index (χ2v) is 4.01. The molecular weight excluding hydrogens is 248 g/mol. The number of nitrogens with one attached hydrogen (secondary N) is 1. The van der Waals surface area contributed by atoms with E-state index in [1.165, 1.54) is 22.9 Å². The van der Waals surface area contributed by atoms with Crippen LogP contribution in [0.4, 0.5) is 5.82 Å². The van der Waals surface area contributed by atoms with Crippen molar-refractivity contribution in [2.24, 2.45) is 12.8 Å². The predicted octanol–water partition coefficient (Wildman–Crippen LogP) is 0.542. The first-order valence-electron chi connectivity index (χ1n) is 5.57. The van der Waals surface area contributed by atoms with Crippen LogP contribution in [0.1, 0.15) is 15.9 Å². The summed E-state index contributed by atoms with van der Waals surface area (Å²) in [6.07, 6.45) is 1.68. The molecule has 0 saturated heterocycles. The number of anilines is 1. The van der Waals surface area contributed by atoms with Gasteiger partial charge in [0.2, 0.25) is 0 Å². The smallest absolute Gasteiger partial charge is 0.264 e. The molecule has 0 unspecified atom stereocenters. The maximum Gasteiger partial charge on any atom is 0.264 e. The third kappa shape index (κ3) is 2.50. The zero-order chi connectivity index (χ0) is 14.0. The fourth-order valence-electron chi connectivity index (χ4n) is 1.72. The molecule has 0 fully saturated rings. The van der Waals surface area contributed by atoms with E-state index in [0.29, 0.717) is 11.4 Å². The SMILES string of the molecule is Cn1cc(CN)c(NC(=O)c2c(O)cccc2O)n1. The van der Waals surface area contributed by atoms with E-state index in [2.05, 4.69) is 10.4 Å². The molecule has 2 rings (SSSR count). The van der Waals surface area contributed by atoms with Crippen molar-refractivity contribution < 1.29 is 15.0 Å². The number of aromatic nitrogens is 2. The highest BCUT2D eigenvalue weighted by molar-refractivity contribution is 6.07. The van der Waals surface area contributed by atoms with Crippen LogP contribution in [0.2, 0.25) is 0 Å². The van der Waals surface area contributed by atoms with E-state index in [-0.39, 0.29) is 23.6 Å². The van der Waals surface area contributed by atoms with E-state index in [1.807, 2.05) is 0 Å². The highest BCUT2D eigenvalue weighted by Crippen LogP contribution is 2.27. The summed E-state index contributed by atoms with van der Waals surface area (Å²) < 4.78 is 1.52. The van der Waals surface area contributed by atoms with Gasteiger partial charge in [-0.05, 0) is 12.1 Å². The van der Waals surface area contributed by atoms with Crippen LogP contribution in [0.25, 0.3) is 0 Å². The van der Waals surface area contributed by atoms with E-state index >= 15 is 0 Å². The van der Waals surface area contributed by atoms with Gasteiger partial charge in [0, 0.05) is 25.4 Å². The van der Waals surface area contributed by atoms with Crippen molar-refractivity contribution in [1.82, 2.24) is 9.78 Å². The molecule has 0 spiro atoms. The second-order valence-electron chi connectivity index (χ2n) is 4.01. The molecule has 1 aromatic heterocycles. The largest absolute Gasteiger partial charge is 0.507 e. The highest BCUT2D eigenvalue weighted by atomic mass is 16.3. The van der Waals surface area contributed by atoms with Crippen molar-refractivity contribution in [1.29, 1.82) is 0 Å². The molecule has 5 N–H and O–H groups in total. The number of hydrogen-bond donors (Lipinski definition) is 4. The van der Waals surface area contributed by atoms with Crippen LogP contribution in [0, 0.1) is 0 Å². The van der Waals surface area contributed by atoms with Gasteiger partial charge in [-0.1, -0.05) is 6.07 Å². The Kier molecular flexibility index (Phi) is 3.39. The highest BCUT2D eigenvalue weighted by Gasteiger charge is 2.18. The lowest BCUT2D eigenvalue weighted by atomic mass is 10.1. The lowest BCUT2D eigenvalue weighted by Crippen LogP contribution is -2.14. The van der Waals surface area contributed by atoms with Gasteiger partial charge in [0.15, 0.2) is 5.82 Å². The van der Waals surface area contributed by atoms with Gasteiger partial charge in [0.05, 0.1) is 0 Å². The van der Waals surface area contributed by atoms with Gasteiger partial charge < -0.3 is 21.3 Å². The summed E-state index contributed by atoms with van der Waals surface area (Å²) in [4.78, 5) is 12.0. The lowest BCUT2D eigenvalue weighted by Gasteiger charge is -2.07. The Morgan fingerprint density at radius 2 is 2.05 bits per heavy atom. The average molecular weight is 262 g/mol. The van der Waals surface area contributed by atoms with Crippen LogP contribution >= 0.6 is 0 Å². The molecule has 0 radical (unpaired) electrons. The third-order valence-corrected chi connectivity index (χ3v) is 2.60. The van der Waals surface area contributed by atoms with Gasteiger partial charge in [-0.25, -0.2) is 0 Å². The molecule has 2 aromatic rings. The number of rotatable bonds is 3. The first kappa shape index (κ1) is 12.9. The van der Waals surface area contributed by atoms with Gasteiger partial charge in [-0.2, -0.15) is 5.10 Å². The zero-order valence-electron chi connectivity index (χ0n) is 10.3. The minimum Gasteiger partial charge on any atom is -0.507 e. The van der Waals surface area contributed by atoms with Crippen molar-refractivity contribution in [3.63, 3.8) is 0 Å². The normalized spacial score (nSPS) is 10.4. The summed E-state index contributed by atoms with van der Waals surface area (Å²) in [5.41, 5.74) is 5.99. The Bertz CT molecular complexity index is 601. The molecule has 7 nitrogen and oxygen atoms in total. The first-order valence-corrected chi connectivity index (χ1v) is 5.57. The molecule has 19 heavy (non-hydrogen) atoms. The van der Waals surface area contributed by atoms with Crippen molar-refractivity contribution in [3.05, 3.63) is 35.5 Å². The summed E-state index contributed by atoms with van der Waals surface area (Å²) >= 11 is 0.